The predicted molar refractivity (Wildman–Crippen MR) is 94.6 cm³/mol. The molecule has 3 heteroatoms. The van der Waals surface area contributed by atoms with Gasteiger partial charge in [0.05, 0.1) is 6.04 Å². The summed E-state index contributed by atoms with van der Waals surface area (Å²) in [7, 11) is 4.13. The lowest BCUT2D eigenvalue weighted by Crippen LogP contribution is -2.10. The summed E-state index contributed by atoms with van der Waals surface area (Å²) in [6.07, 6.45) is 0. The lowest BCUT2D eigenvalue weighted by atomic mass is 10.2. The van der Waals surface area contributed by atoms with Crippen molar-refractivity contribution in [2.75, 3.05) is 24.3 Å². The SMILES string of the molecule is CC(Nc1cccc(N(C)C)c1)c1cc2ccccc2s1. The first-order valence-corrected chi connectivity index (χ1v) is 7.97. The van der Waals surface area contributed by atoms with E-state index in [-0.39, 0.29) is 0 Å². The van der Waals surface area contributed by atoms with E-state index in [4.69, 9.17) is 0 Å². The fourth-order valence-corrected chi connectivity index (χ4v) is 3.48. The molecule has 1 heterocycles. The number of hydrogen-bond donors (Lipinski definition) is 1. The van der Waals surface area contributed by atoms with Gasteiger partial charge in [0.15, 0.2) is 0 Å². The quantitative estimate of drug-likeness (QED) is 0.717. The highest BCUT2D eigenvalue weighted by molar-refractivity contribution is 7.19. The standard InChI is InChI=1S/C18H20N2S/c1-13(18-11-14-7-4-5-10-17(14)21-18)19-15-8-6-9-16(12-15)20(2)3/h4-13,19H,1-3H3. The van der Waals surface area contributed by atoms with E-state index in [0.717, 1.165) is 5.69 Å². The number of rotatable bonds is 4. The molecule has 1 atom stereocenters. The number of nitrogens with one attached hydrogen (secondary N) is 1. The van der Waals surface area contributed by atoms with Gasteiger partial charge in [0.2, 0.25) is 0 Å². The minimum Gasteiger partial charge on any atom is -0.378 e. The molecule has 0 amide bonds. The summed E-state index contributed by atoms with van der Waals surface area (Å²) < 4.78 is 1.35. The Hall–Kier alpha value is -2.00. The maximum atomic E-state index is 3.60. The fourth-order valence-electron chi connectivity index (χ4n) is 2.41. The molecule has 3 rings (SSSR count). The maximum Gasteiger partial charge on any atom is 0.0578 e. The molecule has 2 nitrogen and oxygen atoms in total. The van der Waals surface area contributed by atoms with E-state index in [1.165, 1.54) is 20.7 Å². The topological polar surface area (TPSA) is 15.3 Å². The molecule has 21 heavy (non-hydrogen) atoms. The van der Waals surface area contributed by atoms with E-state index in [9.17, 15) is 0 Å². The van der Waals surface area contributed by atoms with Crippen LogP contribution >= 0.6 is 11.3 Å². The van der Waals surface area contributed by atoms with Gasteiger partial charge in [-0.05, 0) is 42.6 Å². The third-order valence-corrected chi connectivity index (χ3v) is 4.92. The average Bonchev–Trinajstić information content (AvgIpc) is 2.91. The molecular formula is C18H20N2S. The number of benzene rings is 2. The summed E-state index contributed by atoms with van der Waals surface area (Å²) in [5, 5.41) is 4.93. The van der Waals surface area contributed by atoms with Crippen LogP contribution in [0.1, 0.15) is 17.8 Å². The second-order valence-corrected chi connectivity index (χ2v) is 6.61. The molecule has 108 valence electrons. The molecule has 2 aromatic carbocycles. The average molecular weight is 296 g/mol. The first-order valence-electron chi connectivity index (χ1n) is 7.16. The minimum absolute atomic E-state index is 0.305. The van der Waals surface area contributed by atoms with Crippen molar-refractivity contribution in [1.82, 2.24) is 0 Å². The normalized spacial score (nSPS) is 12.3. The van der Waals surface area contributed by atoms with Gasteiger partial charge >= 0.3 is 0 Å². The number of anilines is 2. The van der Waals surface area contributed by atoms with E-state index in [1.807, 2.05) is 11.3 Å². The fraction of sp³-hybridized carbons (Fsp3) is 0.222. The van der Waals surface area contributed by atoms with E-state index < -0.39 is 0 Å². The maximum absolute atomic E-state index is 3.60. The van der Waals surface area contributed by atoms with Crippen LogP contribution in [0.25, 0.3) is 10.1 Å². The zero-order valence-electron chi connectivity index (χ0n) is 12.6. The van der Waals surface area contributed by atoms with Gasteiger partial charge in [0.25, 0.3) is 0 Å². The minimum atomic E-state index is 0.305. The Morgan fingerprint density at radius 2 is 1.81 bits per heavy atom. The van der Waals surface area contributed by atoms with Crippen LogP contribution in [0, 0.1) is 0 Å². The van der Waals surface area contributed by atoms with Crippen LogP contribution < -0.4 is 10.2 Å². The Bertz CT molecular complexity index is 713. The van der Waals surface area contributed by atoms with Crippen molar-refractivity contribution >= 4 is 32.8 Å². The van der Waals surface area contributed by atoms with E-state index in [1.54, 1.807) is 0 Å². The Morgan fingerprint density at radius 1 is 1.00 bits per heavy atom. The van der Waals surface area contributed by atoms with Gasteiger partial charge < -0.3 is 10.2 Å². The Kier molecular flexibility index (Phi) is 3.84. The highest BCUT2D eigenvalue weighted by Gasteiger charge is 2.09. The summed E-state index contributed by atoms with van der Waals surface area (Å²) in [4.78, 5) is 3.49. The smallest absolute Gasteiger partial charge is 0.0578 e. The highest BCUT2D eigenvalue weighted by atomic mass is 32.1. The Morgan fingerprint density at radius 3 is 2.57 bits per heavy atom. The first kappa shape index (κ1) is 14.0. The van der Waals surface area contributed by atoms with Gasteiger partial charge in [-0.1, -0.05) is 24.3 Å². The van der Waals surface area contributed by atoms with E-state index in [0.29, 0.717) is 6.04 Å². The van der Waals surface area contributed by atoms with Gasteiger partial charge in [0, 0.05) is 35.0 Å². The molecule has 0 fully saturated rings. The molecule has 3 aromatic rings. The van der Waals surface area contributed by atoms with E-state index in [2.05, 4.69) is 85.8 Å². The Labute approximate surface area is 130 Å². The summed E-state index contributed by atoms with van der Waals surface area (Å²) in [6.45, 7) is 2.22. The third-order valence-electron chi connectivity index (χ3n) is 3.62. The zero-order valence-corrected chi connectivity index (χ0v) is 13.4. The van der Waals surface area contributed by atoms with Gasteiger partial charge in [-0.2, -0.15) is 0 Å². The van der Waals surface area contributed by atoms with Gasteiger partial charge in [-0.3, -0.25) is 0 Å². The summed E-state index contributed by atoms with van der Waals surface area (Å²) >= 11 is 1.86. The second-order valence-electron chi connectivity index (χ2n) is 5.50. The van der Waals surface area contributed by atoms with Crippen molar-refractivity contribution in [3.05, 3.63) is 59.5 Å². The molecule has 0 aliphatic rings. The van der Waals surface area contributed by atoms with Crippen molar-refractivity contribution in [2.45, 2.75) is 13.0 Å². The summed E-state index contributed by atoms with van der Waals surface area (Å²) in [5.41, 5.74) is 2.37. The predicted octanol–water partition coefficient (Wildman–Crippen LogP) is 5.14. The number of hydrogen-bond acceptors (Lipinski definition) is 3. The lowest BCUT2D eigenvalue weighted by Gasteiger charge is -2.17. The molecule has 1 unspecified atom stereocenters. The molecule has 0 saturated carbocycles. The molecule has 0 aliphatic heterocycles. The molecule has 0 spiro atoms. The summed E-state index contributed by atoms with van der Waals surface area (Å²) in [6, 6.07) is 19.7. The van der Waals surface area contributed by atoms with Crippen molar-refractivity contribution in [1.29, 1.82) is 0 Å². The van der Waals surface area contributed by atoms with Crippen LogP contribution in [0.15, 0.2) is 54.6 Å². The Balaban J connectivity index is 1.82. The second kappa shape index (κ2) is 5.78. The van der Waals surface area contributed by atoms with Crippen molar-refractivity contribution in [3.8, 4) is 0 Å². The largest absolute Gasteiger partial charge is 0.378 e. The number of nitrogens with zero attached hydrogens (tertiary/aromatic N) is 1. The lowest BCUT2D eigenvalue weighted by molar-refractivity contribution is 0.908. The molecule has 0 bridgehead atoms. The molecule has 0 radical (unpaired) electrons. The van der Waals surface area contributed by atoms with Crippen LogP contribution in [0.4, 0.5) is 11.4 Å². The van der Waals surface area contributed by atoms with Gasteiger partial charge in [-0.25, -0.2) is 0 Å². The van der Waals surface area contributed by atoms with Crippen molar-refractivity contribution < 1.29 is 0 Å². The van der Waals surface area contributed by atoms with Crippen molar-refractivity contribution in [2.24, 2.45) is 0 Å². The zero-order chi connectivity index (χ0) is 14.8. The first-order chi connectivity index (χ1) is 10.1. The molecule has 1 aromatic heterocycles. The monoisotopic (exact) mass is 296 g/mol. The number of thiophene rings is 1. The van der Waals surface area contributed by atoms with Crippen LogP contribution in [0.2, 0.25) is 0 Å². The molecule has 1 N–H and O–H groups in total. The van der Waals surface area contributed by atoms with E-state index >= 15 is 0 Å². The van der Waals surface area contributed by atoms with Gasteiger partial charge in [-0.15, -0.1) is 11.3 Å². The van der Waals surface area contributed by atoms with Crippen LogP contribution in [-0.4, -0.2) is 14.1 Å². The summed E-state index contributed by atoms with van der Waals surface area (Å²) in [5.74, 6) is 0. The van der Waals surface area contributed by atoms with Gasteiger partial charge in [0.1, 0.15) is 0 Å². The molecule has 0 aliphatic carbocycles. The van der Waals surface area contributed by atoms with Crippen LogP contribution in [-0.2, 0) is 0 Å². The highest BCUT2D eigenvalue weighted by Crippen LogP contribution is 2.31. The van der Waals surface area contributed by atoms with Crippen LogP contribution in [0.3, 0.4) is 0 Å². The third kappa shape index (κ3) is 3.03. The van der Waals surface area contributed by atoms with Crippen LogP contribution in [0.5, 0.6) is 0 Å². The molecular weight excluding hydrogens is 276 g/mol. The molecule has 0 saturated heterocycles. The van der Waals surface area contributed by atoms with Crippen molar-refractivity contribution in [3.63, 3.8) is 0 Å². The number of fused-ring (bicyclic) bond motifs is 1.